The highest BCUT2D eigenvalue weighted by Crippen LogP contribution is 2.40. The fraction of sp³-hybridized carbons (Fsp3) is 0.278. The first kappa shape index (κ1) is 17.4. The van der Waals surface area contributed by atoms with Gasteiger partial charge >= 0.3 is 0 Å². The van der Waals surface area contributed by atoms with Crippen molar-refractivity contribution in [1.29, 1.82) is 0 Å². The average molecular weight is 388 g/mol. The van der Waals surface area contributed by atoms with Crippen LogP contribution >= 0.6 is 23.1 Å². The maximum absolute atomic E-state index is 14.5. The minimum atomic E-state index is -0.273. The number of nitrogens with one attached hydrogen (secondary N) is 1. The number of halogens is 1. The van der Waals surface area contributed by atoms with E-state index >= 15 is 0 Å². The molecule has 1 N–H and O–H groups in total. The van der Waals surface area contributed by atoms with E-state index < -0.39 is 0 Å². The van der Waals surface area contributed by atoms with Crippen LogP contribution in [-0.4, -0.2) is 47.4 Å². The number of hydrogen-bond acceptors (Lipinski definition) is 7. The van der Waals surface area contributed by atoms with E-state index in [-0.39, 0.29) is 5.82 Å². The van der Waals surface area contributed by atoms with Crippen LogP contribution in [-0.2, 0) is 0 Å². The van der Waals surface area contributed by atoms with Gasteiger partial charge in [-0.25, -0.2) is 19.3 Å². The Bertz CT molecular complexity index is 908. The second-order valence-electron chi connectivity index (χ2n) is 5.82. The van der Waals surface area contributed by atoms with Gasteiger partial charge in [-0.05, 0) is 24.5 Å². The first-order valence-electron chi connectivity index (χ1n) is 8.35. The summed E-state index contributed by atoms with van der Waals surface area (Å²) in [5, 5.41) is 4.95. The molecule has 0 unspecified atom stereocenters. The van der Waals surface area contributed by atoms with Gasteiger partial charge in [-0.15, -0.1) is 0 Å². The van der Waals surface area contributed by atoms with Gasteiger partial charge in [-0.2, -0.15) is 0 Å². The Kier molecular flexibility index (Phi) is 5.14. The minimum absolute atomic E-state index is 0.273. The van der Waals surface area contributed by atoms with Gasteiger partial charge in [0.2, 0.25) is 0 Å². The number of hydrogen-bond donors (Lipinski definition) is 1. The largest absolute Gasteiger partial charge is 0.346 e. The van der Waals surface area contributed by atoms with Gasteiger partial charge in [0, 0.05) is 37.9 Å². The number of thioether (sulfide) groups is 1. The van der Waals surface area contributed by atoms with Crippen molar-refractivity contribution in [3.05, 3.63) is 42.3 Å². The molecule has 3 aromatic rings. The molecule has 0 spiro atoms. The summed E-state index contributed by atoms with van der Waals surface area (Å²) in [6.45, 7) is 3.63. The normalized spacial score (nSPS) is 14.6. The molecule has 5 nitrogen and oxygen atoms in total. The number of piperazine rings is 1. The monoisotopic (exact) mass is 387 g/mol. The third-order valence-electron chi connectivity index (χ3n) is 4.18. The molecule has 0 atom stereocenters. The summed E-state index contributed by atoms with van der Waals surface area (Å²) >= 11 is 3.05. The molecular weight excluding hydrogens is 369 g/mol. The Morgan fingerprint density at radius 2 is 1.96 bits per heavy atom. The molecule has 0 aliphatic carbocycles. The molecule has 1 saturated heterocycles. The number of anilines is 1. The topological polar surface area (TPSA) is 53.9 Å². The molecule has 8 heteroatoms. The molecule has 3 heterocycles. The predicted octanol–water partition coefficient (Wildman–Crippen LogP) is 3.54. The van der Waals surface area contributed by atoms with E-state index in [1.165, 1.54) is 17.8 Å². The van der Waals surface area contributed by atoms with Crippen LogP contribution in [0.2, 0.25) is 0 Å². The quantitative estimate of drug-likeness (QED) is 0.546. The SMILES string of the molecule is CSc1nccc(-c2sc(N3CCNCC3)nc2-c2ccccc2F)n1. The number of thiazole rings is 1. The second-order valence-corrected chi connectivity index (χ2v) is 7.57. The van der Waals surface area contributed by atoms with Crippen molar-refractivity contribution in [2.45, 2.75) is 5.16 Å². The third kappa shape index (κ3) is 3.44. The highest BCUT2D eigenvalue weighted by atomic mass is 32.2. The molecular formula is C18H18FN5S2. The zero-order valence-electron chi connectivity index (χ0n) is 14.3. The minimum Gasteiger partial charge on any atom is -0.346 e. The van der Waals surface area contributed by atoms with Crippen LogP contribution < -0.4 is 10.2 Å². The Labute approximate surface area is 159 Å². The molecule has 26 heavy (non-hydrogen) atoms. The van der Waals surface area contributed by atoms with Crippen molar-refractivity contribution in [2.75, 3.05) is 37.3 Å². The lowest BCUT2D eigenvalue weighted by Crippen LogP contribution is -2.43. The standard InChI is InChI=1S/C18H18FN5S2/c1-25-17-21-7-6-14(22-17)16-15(12-4-2-3-5-13(12)19)23-18(26-16)24-10-8-20-9-11-24/h2-7,20H,8-11H2,1H3. The van der Waals surface area contributed by atoms with E-state index in [2.05, 4.69) is 20.2 Å². The smallest absolute Gasteiger partial charge is 0.187 e. The van der Waals surface area contributed by atoms with E-state index in [0.717, 1.165) is 41.9 Å². The first-order valence-corrected chi connectivity index (χ1v) is 10.4. The first-order chi connectivity index (χ1) is 12.8. The van der Waals surface area contributed by atoms with Gasteiger partial charge in [0.15, 0.2) is 10.3 Å². The molecule has 1 aliphatic heterocycles. The predicted molar refractivity (Wildman–Crippen MR) is 105 cm³/mol. The fourth-order valence-corrected chi connectivity index (χ4v) is 4.33. The van der Waals surface area contributed by atoms with Crippen molar-refractivity contribution in [3.63, 3.8) is 0 Å². The van der Waals surface area contributed by atoms with Gasteiger partial charge in [0.1, 0.15) is 5.82 Å². The Morgan fingerprint density at radius 1 is 1.15 bits per heavy atom. The van der Waals surface area contributed by atoms with E-state index in [4.69, 9.17) is 4.98 Å². The second kappa shape index (κ2) is 7.69. The number of benzene rings is 1. The van der Waals surface area contributed by atoms with Gasteiger partial charge in [-0.1, -0.05) is 35.2 Å². The Balaban J connectivity index is 1.84. The van der Waals surface area contributed by atoms with Crippen molar-refractivity contribution in [1.82, 2.24) is 20.3 Å². The van der Waals surface area contributed by atoms with E-state index in [1.807, 2.05) is 18.4 Å². The summed E-state index contributed by atoms with van der Waals surface area (Å²) < 4.78 is 14.5. The van der Waals surface area contributed by atoms with E-state index in [9.17, 15) is 4.39 Å². The highest BCUT2D eigenvalue weighted by molar-refractivity contribution is 7.98. The molecule has 0 saturated carbocycles. The third-order valence-corrected chi connectivity index (χ3v) is 5.88. The number of aromatic nitrogens is 3. The molecule has 0 radical (unpaired) electrons. The highest BCUT2D eigenvalue weighted by Gasteiger charge is 2.22. The Morgan fingerprint density at radius 3 is 2.73 bits per heavy atom. The number of nitrogens with zero attached hydrogens (tertiary/aromatic N) is 4. The van der Waals surface area contributed by atoms with Crippen molar-refractivity contribution in [3.8, 4) is 21.8 Å². The summed E-state index contributed by atoms with van der Waals surface area (Å²) in [5.41, 5.74) is 1.93. The maximum atomic E-state index is 14.5. The fourth-order valence-electron chi connectivity index (χ4n) is 2.88. The van der Waals surface area contributed by atoms with Crippen LogP contribution in [0.25, 0.3) is 21.8 Å². The van der Waals surface area contributed by atoms with Crippen LogP contribution in [0, 0.1) is 5.82 Å². The van der Waals surface area contributed by atoms with Gasteiger partial charge in [0.05, 0.1) is 16.3 Å². The molecule has 0 bridgehead atoms. The van der Waals surface area contributed by atoms with Gasteiger partial charge in [-0.3, -0.25) is 0 Å². The molecule has 134 valence electrons. The number of rotatable bonds is 4. The Hall–Kier alpha value is -2.03. The molecule has 2 aromatic heterocycles. The average Bonchev–Trinajstić information content (AvgIpc) is 3.14. The zero-order valence-corrected chi connectivity index (χ0v) is 15.9. The van der Waals surface area contributed by atoms with Crippen molar-refractivity contribution < 1.29 is 4.39 Å². The summed E-state index contributed by atoms with van der Waals surface area (Å²) in [7, 11) is 0. The van der Waals surface area contributed by atoms with E-state index in [1.54, 1.807) is 29.7 Å². The van der Waals surface area contributed by atoms with Crippen LogP contribution in [0.1, 0.15) is 0 Å². The van der Waals surface area contributed by atoms with E-state index in [0.29, 0.717) is 16.4 Å². The van der Waals surface area contributed by atoms with Gasteiger partial charge in [0.25, 0.3) is 0 Å². The van der Waals surface area contributed by atoms with Crippen molar-refractivity contribution in [2.24, 2.45) is 0 Å². The van der Waals surface area contributed by atoms with Crippen LogP contribution in [0.5, 0.6) is 0 Å². The zero-order chi connectivity index (χ0) is 17.9. The molecule has 1 aliphatic rings. The van der Waals surface area contributed by atoms with Gasteiger partial charge < -0.3 is 10.2 Å². The van der Waals surface area contributed by atoms with Crippen molar-refractivity contribution >= 4 is 28.2 Å². The lowest BCUT2D eigenvalue weighted by atomic mass is 10.1. The van der Waals surface area contributed by atoms with Crippen LogP contribution in [0.4, 0.5) is 9.52 Å². The lowest BCUT2D eigenvalue weighted by Gasteiger charge is -2.26. The summed E-state index contributed by atoms with van der Waals surface area (Å²) in [6.07, 6.45) is 3.68. The van der Waals surface area contributed by atoms with Crippen LogP contribution in [0.3, 0.4) is 0 Å². The molecule has 1 fully saturated rings. The maximum Gasteiger partial charge on any atom is 0.187 e. The molecule has 4 rings (SSSR count). The lowest BCUT2D eigenvalue weighted by molar-refractivity contribution is 0.588. The molecule has 0 amide bonds. The molecule has 1 aromatic carbocycles. The van der Waals surface area contributed by atoms with Crippen LogP contribution in [0.15, 0.2) is 41.7 Å². The summed E-state index contributed by atoms with van der Waals surface area (Å²) in [6, 6.07) is 8.62. The summed E-state index contributed by atoms with van der Waals surface area (Å²) in [4.78, 5) is 16.8. The summed E-state index contributed by atoms with van der Waals surface area (Å²) in [5.74, 6) is -0.273.